The van der Waals surface area contributed by atoms with Gasteiger partial charge in [-0.2, -0.15) is 0 Å². The average molecular weight is 225 g/mol. The average Bonchev–Trinajstić information content (AvgIpc) is 2.68. The first kappa shape index (κ1) is 12.8. The second kappa shape index (κ2) is 6.33. The Balaban J connectivity index is 2.39. The molecule has 1 aromatic heterocycles. The van der Waals surface area contributed by atoms with Crippen molar-refractivity contribution < 1.29 is 14.3 Å². The van der Waals surface area contributed by atoms with E-state index in [0.717, 1.165) is 18.7 Å². The maximum Gasteiger partial charge on any atom is 0.303 e. The van der Waals surface area contributed by atoms with Gasteiger partial charge in [-0.05, 0) is 32.9 Å². The molecule has 0 atom stereocenters. The van der Waals surface area contributed by atoms with Gasteiger partial charge in [0.2, 0.25) is 0 Å². The molecule has 0 saturated heterocycles. The van der Waals surface area contributed by atoms with Crippen molar-refractivity contribution in [2.45, 2.75) is 39.3 Å². The van der Waals surface area contributed by atoms with Crippen molar-refractivity contribution in [2.75, 3.05) is 6.54 Å². The van der Waals surface area contributed by atoms with Crippen LogP contribution in [0, 0.1) is 0 Å². The van der Waals surface area contributed by atoms with E-state index in [1.807, 2.05) is 6.07 Å². The van der Waals surface area contributed by atoms with Crippen LogP contribution in [0.5, 0.6) is 0 Å². The summed E-state index contributed by atoms with van der Waals surface area (Å²) >= 11 is 0. The fourth-order valence-corrected chi connectivity index (χ4v) is 1.57. The van der Waals surface area contributed by atoms with Gasteiger partial charge in [-0.3, -0.25) is 9.69 Å². The Morgan fingerprint density at radius 2 is 2.31 bits per heavy atom. The molecule has 1 N–H and O–H groups in total. The van der Waals surface area contributed by atoms with Crippen molar-refractivity contribution in [1.29, 1.82) is 0 Å². The minimum Gasteiger partial charge on any atom is -0.481 e. The van der Waals surface area contributed by atoms with Crippen LogP contribution in [0.3, 0.4) is 0 Å². The second-order valence-electron chi connectivity index (χ2n) is 4.19. The summed E-state index contributed by atoms with van der Waals surface area (Å²) in [4.78, 5) is 12.7. The lowest BCUT2D eigenvalue weighted by molar-refractivity contribution is -0.137. The molecular weight excluding hydrogens is 206 g/mol. The summed E-state index contributed by atoms with van der Waals surface area (Å²) in [5, 5.41) is 8.59. The number of carbonyl (C=O) groups is 1. The molecule has 0 radical (unpaired) electrons. The standard InChI is InChI=1S/C12H19NO3/c1-10(2)13(6-3-4-12(14)15)8-11-5-7-16-9-11/h5,7,9-10H,3-4,6,8H2,1-2H3,(H,14,15). The Bertz CT molecular complexity index is 306. The highest BCUT2D eigenvalue weighted by Crippen LogP contribution is 2.10. The zero-order valence-corrected chi connectivity index (χ0v) is 9.85. The van der Waals surface area contributed by atoms with Crippen LogP contribution in [0.25, 0.3) is 0 Å². The van der Waals surface area contributed by atoms with Crippen molar-refractivity contribution in [3.05, 3.63) is 24.2 Å². The monoisotopic (exact) mass is 225 g/mol. The zero-order chi connectivity index (χ0) is 12.0. The summed E-state index contributed by atoms with van der Waals surface area (Å²) in [6.45, 7) is 5.84. The number of aliphatic carboxylic acids is 1. The van der Waals surface area contributed by atoms with Crippen molar-refractivity contribution in [3.63, 3.8) is 0 Å². The van der Waals surface area contributed by atoms with Gasteiger partial charge >= 0.3 is 5.97 Å². The summed E-state index contributed by atoms with van der Waals surface area (Å²) in [6, 6.07) is 2.34. The summed E-state index contributed by atoms with van der Waals surface area (Å²) in [6.07, 6.45) is 4.30. The number of furan rings is 1. The predicted molar refractivity (Wildman–Crippen MR) is 61.1 cm³/mol. The van der Waals surface area contributed by atoms with E-state index >= 15 is 0 Å². The number of hydrogen-bond donors (Lipinski definition) is 1. The molecule has 1 heterocycles. The van der Waals surface area contributed by atoms with Crippen molar-refractivity contribution >= 4 is 5.97 Å². The van der Waals surface area contributed by atoms with Crippen molar-refractivity contribution in [1.82, 2.24) is 4.90 Å². The maximum atomic E-state index is 10.4. The fraction of sp³-hybridized carbons (Fsp3) is 0.583. The summed E-state index contributed by atoms with van der Waals surface area (Å²) in [5.41, 5.74) is 1.13. The van der Waals surface area contributed by atoms with Crippen molar-refractivity contribution in [2.24, 2.45) is 0 Å². The van der Waals surface area contributed by atoms with E-state index in [4.69, 9.17) is 9.52 Å². The highest BCUT2D eigenvalue weighted by molar-refractivity contribution is 5.66. The van der Waals surface area contributed by atoms with Gasteiger partial charge in [0.25, 0.3) is 0 Å². The number of rotatable bonds is 7. The molecule has 0 unspecified atom stereocenters. The van der Waals surface area contributed by atoms with E-state index in [1.165, 1.54) is 0 Å². The Kier molecular flexibility index (Phi) is 5.05. The quantitative estimate of drug-likeness (QED) is 0.774. The first-order valence-electron chi connectivity index (χ1n) is 5.56. The summed E-state index contributed by atoms with van der Waals surface area (Å²) in [5.74, 6) is -0.730. The Morgan fingerprint density at radius 1 is 1.56 bits per heavy atom. The molecule has 0 aliphatic carbocycles. The molecule has 0 aliphatic heterocycles. The van der Waals surface area contributed by atoms with Gasteiger partial charge in [0.05, 0.1) is 12.5 Å². The van der Waals surface area contributed by atoms with Crippen molar-refractivity contribution in [3.8, 4) is 0 Å². The number of carboxylic acids is 1. The number of carboxylic acid groups (broad SMARTS) is 1. The molecule has 1 aromatic rings. The van der Waals surface area contributed by atoms with E-state index in [-0.39, 0.29) is 6.42 Å². The molecule has 0 aromatic carbocycles. The molecule has 0 amide bonds. The maximum absolute atomic E-state index is 10.4. The first-order chi connectivity index (χ1) is 7.59. The predicted octanol–water partition coefficient (Wildman–Crippen LogP) is 2.35. The van der Waals surface area contributed by atoms with E-state index in [9.17, 15) is 4.79 Å². The van der Waals surface area contributed by atoms with Crippen LogP contribution in [0.2, 0.25) is 0 Å². The van der Waals surface area contributed by atoms with E-state index in [2.05, 4.69) is 18.7 Å². The van der Waals surface area contributed by atoms with Crippen LogP contribution in [-0.4, -0.2) is 28.6 Å². The minimum atomic E-state index is -0.730. The van der Waals surface area contributed by atoms with Gasteiger partial charge in [-0.15, -0.1) is 0 Å². The molecule has 0 spiro atoms. The third kappa shape index (κ3) is 4.49. The largest absolute Gasteiger partial charge is 0.481 e. The SMILES string of the molecule is CC(C)N(CCCC(=O)O)Cc1ccoc1. The van der Waals surface area contributed by atoms with Gasteiger partial charge in [0.1, 0.15) is 0 Å². The van der Waals surface area contributed by atoms with Crippen LogP contribution in [0.15, 0.2) is 23.0 Å². The Hall–Kier alpha value is -1.29. The summed E-state index contributed by atoms with van der Waals surface area (Å²) in [7, 11) is 0. The zero-order valence-electron chi connectivity index (χ0n) is 9.85. The van der Waals surface area contributed by atoms with Gasteiger partial charge < -0.3 is 9.52 Å². The molecule has 4 heteroatoms. The van der Waals surface area contributed by atoms with Gasteiger partial charge in [-0.1, -0.05) is 0 Å². The molecule has 0 fully saturated rings. The smallest absolute Gasteiger partial charge is 0.303 e. The van der Waals surface area contributed by atoms with Gasteiger partial charge in [0.15, 0.2) is 0 Å². The van der Waals surface area contributed by atoms with E-state index < -0.39 is 5.97 Å². The third-order valence-electron chi connectivity index (χ3n) is 2.53. The normalized spacial score (nSPS) is 11.2. The van der Waals surface area contributed by atoms with E-state index in [0.29, 0.717) is 12.5 Å². The highest BCUT2D eigenvalue weighted by Gasteiger charge is 2.11. The third-order valence-corrected chi connectivity index (χ3v) is 2.53. The molecule has 4 nitrogen and oxygen atoms in total. The first-order valence-corrected chi connectivity index (χ1v) is 5.56. The molecule has 1 rings (SSSR count). The van der Waals surface area contributed by atoms with Crippen LogP contribution >= 0.6 is 0 Å². The number of nitrogens with zero attached hydrogens (tertiary/aromatic N) is 1. The topological polar surface area (TPSA) is 53.7 Å². The Morgan fingerprint density at radius 3 is 2.81 bits per heavy atom. The lowest BCUT2D eigenvalue weighted by Gasteiger charge is -2.25. The molecule has 0 saturated carbocycles. The van der Waals surface area contributed by atoms with E-state index in [1.54, 1.807) is 12.5 Å². The molecule has 90 valence electrons. The second-order valence-corrected chi connectivity index (χ2v) is 4.19. The molecule has 0 bridgehead atoms. The van der Waals surface area contributed by atoms with Crippen LogP contribution in [0.4, 0.5) is 0 Å². The van der Waals surface area contributed by atoms with Gasteiger partial charge in [-0.25, -0.2) is 0 Å². The summed E-state index contributed by atoms with van der Waals surface area (Å²) < 4.78 is 5.02. The fourth-order valence-electron chi connectivity index (χ4n) is 1.57. The molecule has 16 heavy (non-hydrogen) atoms. The van der Waals surface area contributed by atoms with Crippen LogP contribution in [-0.2, 0) is 11.3 Å². The van der Waals surface area contributed by atoms with Crippen LogP contribution < -0.4 is 0 Å². The number of hydrogen-bond acceptors (Lipinski definition) is 3. The lowest BCUT2D eigenvalue weighted by Crippen LogP contribution is -2.31. The highest BCUT2D eigenvalue weighted by atomic mass is 16.4. The molecular formula is C12H19NO3. The molecule has 0 aliphatic rings. The van der Waals surface area contributed by atoms with Crippen LogP contribution in [0.1, 0.15) is 32.3 Å². The lowest BCUT2D eigenvalue weighted by atomic mass is 10.2. The Labute approximate surface area is 95.9 Å². The minimum absolute atomic E-state index is 0.231. The van der Waals surface area contributed by atoms with Gasteiger partial charge in [0, 0.05) is 24.6 Å².